The SMILES string of the molecule is CC(=O)/C=C/c1c[nH]c2ncc(-c3cc(C)nc(OC(C)C)c3)cc12. The lowest BCUT2D eigenvalue weighted by molar-refractivity contribution is -0.112. The van der Waals surface area contributed by atoms with Crippen LogP contribution in [0.15, 0.2) is 36.7 Å². The molecule has 0 saturated heterocycles. The van der Waals surface area contributed by atoms with Gasteiger partial charge in [-0.15, -0.1) is 0 Å². The zero-order valence-corrected chi connectivity index (χ0v) is 14.8. The number of aromatic amines is 1. The Morgan fingerprint density at radius 3 is 2.76 bits per heavy atom. The zero-order chi connectivity index (χ0) is 18.0. The molecule has 0 amide bonds. The molecule has 0 fully saturated rings. The average Bonchev–Trinajstić information content (AvgIpc) is 2.94. The van der Waals surface area contributed by atoms with Crippen molar-refractivity contribution in [3.05, 3.63) is 47.9 Å². The van der Waals surface area contributed by atoms with E-state index in [0.29, 0.717) is 5.88 Å². The minimum atomic E-state index is 0.0127. The summed E-state index contributed by atoms with van der Waals surface area (Å²) < 4.78 is 5.73. The lowest BCUT2D eigenvalue weighted by atomic mass is 10.1. The predicted octanol–water partition coefficient (Wildman–Crippen LogP) is 4.32. The van der Waals surface area contributed by atoms with Crippen LogP contribution in [0.3, 0.4) is 0 Å². The molecule has 5 nitrogen and oxygen atoms in total. The Morgan fingerprint density at radius 2 is 2.04 bits per heavy atom. The first-order valence-electron chi connectivity index (χ1n) is 8.24. The second kappa shape index (κ2) is 6.89. The van der Waals surface area contributed by atoms with E-state index in [0.717, 1.165) is 33.4 Å². The Labute approximate surface area is 146 Å². The average molecular weight is 335 g/mol. The van der Waals surface area contributed by atoms with E-state index >= 15 is 0 Å². The second-order valence-corrected chi connectivity index (χ2v) is 6.31. The number of fused-ring (bicyclic) bond motifs is 1. The van der Waals surface area contributed by atoms with E-state index in [4.69, 9.17) is 4.74 Å². The molecule has 3 aromatic heterocycles. The number of carbonyl (C=O) groups excluding carboxylic acids is 1. The van der Waals surface area contributed by atoms with Crippen LogP contribution in [0.2, 0.25) is 0 Å². The Morgan fingerprint density at radius 1 is 1.24 bits per heavy atom. The fourth-order valence-electron chi connectivity index (χ4n) is 2.63. The van der Waals surface area contributed by atoms with Gasteiger partial charge in [0.05, 0.1) is 6.10 Å². The number of hydrogen-bond donors (Lipinski definition) is 1. The zero-order valence-electron chi connectivity index (χ0n) is 14.8. The maximum absolute atomic E-state index is 11.2. The van der Waals surface area contributed by atoms with Crippen molar-refractivity contribution in [2.75, 3.05) is 0 Å². The molecule has 3 heterocycles. The van der Waals surface area contributed by atoms with Crippen LogP contribution in [0.25, 0.3) is 28.2 Å². The standard InChI is InChI=1S/C20H21N3O2/c1-12(2)25-19-9-16(7-13(3)23-19)17-8-18-15(6-5-14(4)24)10-21-20(18)22-11-17/h5-12H,1-4H3,(H,21,22)/b6-5+. The molecule has 3 aromatic rings. The Kier molecular flexibility index (Phi) is 4.65. The summed E-state index contributed by atoms with van der Waals surface area (Å²) in [5, 5.41) is 0.968. The van der Waals surface area contributed by atoms with Crippen molar-refractivity contribution < 1.29 is 9.53 Å². The lowest BCUT2D eigenvalue weighted by Crippen LogP contribution is -2.07. The number of H-pyrrole nitrogens is 1. The number of nitrogens with zero attached hydrogens (tertiary/aromatic N) is 2. The molecule has 0 saturated carbocycles. The second-order valence-electron chi connectivity index (χ2n) is 6.31. The van der Waals surface area contributed by atoms with Crippen molar-refractivity contribution in [2.24, 2.45) is 0 Å². The Balaban J connectivity index is 2.05. The smallest absolute Gasteiger partial charge is 0.214 e. The van der Waals surface area contributed by atoms with Crippen molar-refractivity contribution in [1.29, 1.82) is 0 Å². The number of allylic oxidation sites excluding steroid dienone is 1. The number of pyridine rings is 2. The molecule has 0 aliphatic rings. The van der Waals surface area contributed by atoms with Crippen LogP contribution in [0.4, 0.5) is 0 Å². The minimum absolute atomic E-state index is 0.0127. The van der Waals surface area contributed by atoms with E-state index in [2.05, 4.69) is 21.0 Å². The van der Waals surface area contributed by atoms with Crippen molar-refractivity contribution in [3.8, 4) is 17.0 Å². The highest BCUT2D eigenvalue weighted by Gasteiger charge is 2.09. The van der Waals surface area contributed by atoms with Crippen molar-refractivity contribution in [3.63, 3.8) is 0 Å². The molecule has 0 unspecified atom stereocenters. The fourth-order valence-corrected chi connectivity index (χ4v) is 2.63. The van der Waals surface area contributed by atoms with Gasteiger partial charge in [-0.3, -0.25) is 4.79 Å². The summed E-state index contributed by atoms with van der Waals surface area (Å²) in [5.41, 5.74) is 4.59. The van der Waals surface area contributed by atoms with E-state index in [-0.39, 0.29) is 11.9 Å². The Hall–Kier alpha value is -2.95. The third kappa shape index (κ3) is 3.94. The van der Waals surface area contributed by atoms with Gasteiger partial charge in [-0.25, -0.2) is 9.97 Å². The molecule has 5 heteroatoms. The molecule has 25 heavy (non-hydrogen) atoms. The molecular weight excluding hydrogens is 314 g/mol. The van der Waals surface area contributed by atoms with Crippen molar-refractivity contribution >= 4 is 22.9 Å². The van der Waals surface area contributed by atoms with Gasteiger partial charge < -0.3 is 9.72 Å². The molecule has 1 N–H and O–H groups in total. The van der Waals surface area contributed by atoms with E-state index in [1.54, 1.807) is 12.2 Å². The Bertz CT molecular complexity index is 955. The van der Waals surface area contributed by atoms with E-state index in [1.165, 1.54) is 6.92 Å². The third-order valence-corrected chi connectivity index (χ3v) is 3.68. The third-order valence-electron chi connectivity index (χ3n) is 3.68. The largest absolute Gasteiger partial charge is 0.475 e. The van der Waals surface area contributed by atoms with E-state index in [9.17, 15) is 4.79 Å². The number of ketones is 1. The summed E-state index contributed by atoms with van der Waals surface area (Å²) in [6.45, 7) is 7.43. The number of aromatic nitrogens is 3. The van der Waals surface area contributed by atoms with Gasteiger partial charge in [0.25, 0.3) is 0 Å². The minimum Gasteiger partial charge on any atom is -0.475 e. The topological polar surface area (TPSA) is 67.9 Å². The first-order valence-corrected chi connectivity index (χ1v) is 8.24. The van der Waals surface area contributed by atoms with Crippen LogP contribution in [-0.4, -0.2) is 26.8 Å². The maximum atomic E-state index is 11.2. The monoisotopic (exact) mass is 335 g/mol. The number of aryl methyl sites for hydroxylation is 1. The first kappa shape index (κ1) is 16.9. The van der Waals surface area contributed by atoms with Gasteiger partial charge in [-0.1, -0.05) is 0 Å². The normalized spacial score (nSPS) is 11.6. The molecular formula is C20H21N3O2. The summed E-state index contributed by atoms with van der Waals surface area (Å²) in [5.74, 6) is 0.620. The predicted molar refractivity (Wildman–Crippen MR) is 99.5 cm³/mol. The summed E-state index contributed by atoms with van der Waals surface area (Å²) >= 11 is 0. The summed E-state index contributed by atoms with van der Waals surface area (Å²) in [6, 6.07) is 5.99. The number of ether oxygens (including phenoxy) is 1. The number of hydrogen-bond acceptors (Lipinski definition) is 4. The summed E-state index contributed by atoms with van der Waals surface area (Å²) in [7, 11) is 0. The van der Waals surface area contributed by atoms with Gasteiger partial charge >= 0.3 is 0 Å². The van der Waals surface area contributed by atoms with Crippen LogP contribution in [-0.2, 0) is 4.79 Å². The molecule has 3 rings (SSSR count). The molecule has 0 aliphatic heterocycles. The van der Waals surface area contributed by atoms with E-state index in [1.807, 2.05) is 45.3 Å². The molecule has 0 atom stereocenters. The molecule has 0 bridgehead atoms. The quantitative estimate of drug-likeness (QED) is 0.705. The molecule has 128 valence electrons. The number of carbonyl (C=O) groups is 1. The highest BCUT2D eigenvalue weighted by atomic mass is 16.5. The number of nitrogens with one attached hydrogen (secondary N) is 1. The van der Waals surface area contributed by atoms with Gasteiger partial charge in [0.15, 0.2) is 5.78 Å². The van der Waals surface area contributed by atoms with Gasteiger partial charge in [0, 0.05) is 40.7 Å². The van der Waals surface area contributed by atoms with Gasteiger partial charge in [-0.05, 0) is 57.5 Å². The molecule has 0 aliphatic carbocycles. The van der Waals surface area contributed by atoms with Gasteiger partial charge in [0.1, 0.15) is 5.65 Å². The van der Waals surface area contributed by atoms with Crippen molar-refractivity contribution in [2.45, 2.75) is 33.8 Å². The van der Waals surface area contributed by atoms with Gasteiger partial charge in [-0.2, -0.15) is 0 Å². The fraction of sp³-hybridized carbons (Fsp3) is 0.250. The van der Waals surface area contributed by atoms with Crippen molar-refractivity contribution in [1.82, 2.24) is 15.0 Å². The first-order chi connectivity index (χ1) is 11.9. The molecule has 0 spiro atoms. The van der Waals surface area contributed by atoms with Crippen LogP contribution in [0, 0.1) is 6.92 Å². The molecule has 0 aromatic carbocycles. The summed E-state index contributed by atoms with van der Waals surface area (Å²) in [4.78, 5) is 23.2. The highest BCUT2D eigenvalue weighted by Crippen LogP contribution is 2.28. The lowest BCUT2D eigenvalue weighted by Gasteiger charge is -2.11. The highest BCUT2D eigenvalue weighted by molar-refractivity contribution is 5.96. The summed E-state index contributed by atoms with van der Waals surface area (Å²) in [6.07, 6.45) is 7.10. The van der Waals surface area contributed by atoms with E-state index < -0.39 is 0 Å². The van der Waals surface area contributed by atoms with Crippen LogP contribution in [0.5, 0.6) is 5.88 Å². The maximum Gasteiger partial charge on any atom is 0.214 e. The number of rotatable bonds is 5. The van der Waals surface area contributed by atoms with Crippen LogP contribution >= 0.6 is 0 Å². The van der Waals surface area contributed by atoms with Crippen LogP contribution in [0.1, 0.15) is 32.0 Å². The molecule has 0 radical (unpaired) electrons. The van der Waals surface area contributed by atoms with Crippen LogP contribution < -0.4 is 4.74 Å². The van der Waals surface area contributed by atoms with Gasteiger partial charge in [0.2, 0.25) is 5.88 Å².